The van der Waals surface area contributed by atoms with Crippen LogP contribution in [0, 0.1) is 0 Å². The molecule has 4 nitrogen and oxygen atoms in total. The van der Waals surface area contributed by atoms with E-state index in [1.807, 2.05) is 24.3 Å². The topological polar surface area (TPSA) is 35.9 Å². The number of rotatable bonds is 10. The van der Waals surface area contributed by atoms with E-state index in [9.17, 15) is 0 Å². The van der Waals surface area contributed by atoms with Crippen LogP contribution in [0.5, 0.6) is 5.75 Å². The van der Waals surface area contributed by atoms with Crippen LogP contribution in [0.2, 0.25) is 0 Å². The third-order valence-electron chi connectivity index (χ3n) is 5.18. The fourth-order valence-electron chi connectivity index (χ4n) is 3.50. The van der Waals surface area contributed by atoms with Crippen LogP contribution in [0.25, 0.3) is 12.2 Å². The monoisotopic (exact) mass is 380 g/mol. The van der Waals surface area contributed by atoms with Gasteiger partial charge in [0.05, 0.1) is 13.2 Å². The zero-order valence-corrected chi connectivity index (χ0v) is 16.7. The van der Waals surface area contributed by atoms with Crippen molar-refractivity contribution in [1.82, 2.24) is 9.80 Å². The summed E-state index contributed by atoms with van der Waals surface area (Å²) in [5.41, 5.74) is 2.31. The molecule has 0 spiro atoms. The van der Waals surface area contributed by atoms with Crippen LogP contribution in [0.15, 0.2) is 54.6 Å². The molecule has 28 heavy (non-hydrogen) atoms. The van der Waals surface area contributed by atoms with Crippen molar-refractivity contribution >= 4 is 12.2 Å². The van der Waals surface area contributed by atoms with Crippen molar-refractivity contribution in [1.29, 1.82) is 0 Å². The van der Waals surface area contributed by atoms with Crippen LogP contribution < -0.4 is 4.74 Å². The number of hydrogen-bond donors (Lipinski definition) is 1. The standard InChI is InChI=1S/C24H32N2O2/c27-20-19-26-17-15-25(16-18-26)14-6-7-21-28-24-11-5-4-10-23(24)13-12-22-8-2-1-3-9-22/h1-5,8-13,27H,6-7,14-21H2. The Morgan fingerprint density at radius 2 is 1.46 bits per heavy atom. The molecule has 3 rings (SSSR count). The molecular formula is C24H32N2O2. The van der Waals surface area contributed by atoms with E-state index in [-0.39, 0.29) is 6.61 Å². The molecule has 1 N–H and O–H groups in total. The second kappa shape index (κ2) is 11.6. The van der Waals surface area contributed by atoms with Crippen LogP contribution in [0.4, 0.5) is 0 Å². The first kappa shape index (κ1) is 20.6. The van der Waals surface area contributed by atoms with E-state index in [1.54, 1.807) is 0 Å². The highest BCUT2D eigenvalue weighted by Gasteiger charge is 2.15. The summed E-state index contributed by atoms with van der Waals surface area (Å²) in [5, 5.41) is 9.02. The first-order valence-corrected chi connectivity index (χ1v) is 10.4. The molecule has 0 aliphatic carbocycles. The number of benzene rings is 2. The van der Waals surface area contributed by atoms with Gasteiger partial charge in [-0.05, 0) is 31.0 Å². The number of β-amino-alcohol motifs (C(OH)–C–C–N with tert-alkyl or cyclic N) is 1. The smallest absolute Gasteiger partial charge is 0.126 e. The molecule has 1 aliphatic rings. The van der Waals surface area contributed by atoms with Crippen molar-refractivity contribution in [2.45, 2.75) is 12.8 Å². The van der Waals surface area contributed by atoms with Gasteiger partial charge in [0.15, 0.2) is 0 Å². The molecule has 1 heterocycles. The first-order chi connectivity index (χ1) is 13.8. The van der Waals surface area contributed by atoms with Gasteiger partial charge in [0.1, 0.15) is 5.75 Å². The molecule has 4 heteroatoms. The average molecular weight is 381 g/mol. The Morgan fingerprint density at radius 1 is 0.786 bits per heavy atom. The Labute approximate surface area is 169 Å². The molecule has 0 bridgehead atoms. The van der Waals surface area contributed by atoms with Gasteiger partial charge in [0.2, 0.25) is 0 Å². The Morgan fingerprint density at radius 3 is 2.21 bits per heavy atom. The SMILES string of the molecule is OCCN1CCN(CCCCOc2ccccc2C=Cc2ccccc2)CC1. The van der Waals surface area contributed by atoms with Gasteiger partial charge in [-0.15, -0.1) is 0 Å². The molecule has 0 radical (unpaired) electrons. The Kier molecular flexibility index (Phi) is 8.56. The second-order valence-corrected chi connectivity index (χ2v) is 7.24. The molecule has 2 aromatic rings. The second-order valence-electron chi connectivity index (χ2n) is 7.24. The van der Waals surface area contributed by atoms with Crippen LogP contribution in [-0.2, 0) is 0 Å². The predicted octanol–water partition coefficient (Wildman–Crippen LogP) is 3.63. The molecule has 1 aliphatic heterocycles. The van der Waals surface area contributed by atoms with Gasteiger partial charge in [-0.2, -0.15) is 0 Å². The van der Waals surface area contributed by atoms with Crippen LogP contribution in [-0.4, -0.2) is 67.4 Å². The van der Waals surface area contributed by atoms with Crippen LogP contribution in [0.3, 0.4) is 0 Å². The first-order valence-electron chi connectivity index (χ1n) is 10.4. The molecule has 0 aromatic heterocycles. The van der Waals surface area contributed by atoms with E-state index >= 15 is 0 Å². The molecular weight excluding hydrogens is 348 g/mol. The fraction of sp³-hybridized carbons (Fsp3) is 0.417. The van der Waals surface area contributed by atoms with Crippen molar-refractivity contribution < 1.29 is 9.84 Å². The molecule has 0 unspecified atom stereocenters. The van der Waals surface area contributed by atoms with Crippen molar-refractivity contribution in [3.05, 3.63) is 65.7 Å². The highest BCUT2D eigenvalue weighted by molar-refractivity contribution is 5.72. The number of unbranched alkanes of at least 4 members (excludes halogenated alkanes) is 1. The van der Waals surface area contributed by atoms with Crippen molar-refractivity contribution in [3.8, 4) is 5.75 Å². The van der Waals surface area contributed by atoms with E-state index in [4.69, 9.17) is 9.84 Å². The van der Waals surface area contributed by atoms with Gasteiger partial charge in [-0.25, -0.2) is 0 Å². The molecule has 2 aromatic carbocycles. The Hall–Kier alpha value is -2.14. The molecule has 0 saturated carbocycles. The third-order valence-corrected chi connectivity index (χ3v) is 5.18. The Balaban J connectivity index is 1.38. The van der Waals surface area contributed by atoms with E-state index < -0.39 is 0 Å². The van der Waals surface area contributed by atoms with E-state index in [0.717, 1.165) is 70.0 Å². The summed E-state index contributed by atoms with van der Waals surface area (Å²) in [6.07, 6.45) is 6.46. The zero-order valence-electron chi connectivity index (χ0n) is 16.7. The van der Waals surface area contributed by atoms with Crippen molar-refractivity contribution in [2.24, 2.45) is 0 Å². The van der Waals surface area contributed by atoms with E-state index in [2.05, 4.69) is 52.3 Å². The number of para-hydroxylation sites is 1. The predicted molar refractivity (Wildman–Crippen MR) is 117 cm³/mol. The van der Waals surface area contributed by atoms with Gasteiger partial charge in [0.25, 0.3) is 0 Å². The number of hydrogen-bond acceptors (Lipinski definition) is 4. The number of ether oxygens (including phenoxy) is 1. The number of aliphatic hydroxyl groups is 1. The summed E-state index contributed by atoms with van der Waals surface area (Å²) in [5.74, 6) is 0.951. The maximum atomic E-state index is 9.02. The zero-order chi connectivity index (χ0) is 19.4. The molecule has 0 atom stereocenters. The minimum atomic E-state index is 0.263. The van der Waals surface area contributed by atoms with Crippen molar-refractivity contribution in [3.63, 3.8) is 0 Å². The van der Waals surface area contributed by atoms with Gasteiger partial charge in [-0.3, -0.25) is 4.90 Å². The lowest BCUT2D eigenvalue weighted by molar-refractivity contribution is 0.110. The van der Waals surface area contributed by atoms with E-state index in [0.29, 0.717) is 0 Å². The van der Waals surface area contributed by atoms with Gasteiger partial charge >= 0.3 is 0 Å². The van der Waals surface area contributed by atoms with Gasteiger partial charge in [0, 0.05) is 38.3 Å². The summed E-state index contributed by atoms with van der Waals surface area (Å²) >= 11 is 0. The Bertz CT molecular complexity index is 710. The van der Waals surface area contributed by atoms with Gasteiger partial charge in [-0.1, -0.05) is 60.7 Å². The van der Waals surface area contributed by atoms with Gasteiger partial charge < -0.3 is 14.7 Å². The molecule has 0 amide bonds. The van der Waals surface area contributed by atoms with E-state index in [1.165, 1.54) is 5.56 Å². The number of nitrogens with zero attached hydrogens (tertiary/aromatic N) is 2. The summed E-state index contributed by atoms with van der Waals surface area (Å²) < 4.78 is 6.06. The van der Waals surface area contributed by atoms with Crippen molar-refractivity contribution in [2.75, 3.05) is 52.5 Å². The lowest BCUT2D eigenvalue weighted by Crippen LogP contribution is -2.47. The summed E-state index contributed by atoms with van der Waals surface area (Å²) in [4.78, 5) is 4.85. The quantitative estimate of drug-likeness (QED) is 0.504. The lowest BCUT2D eigenvalue weighted by atomic mass is 10.1. The maximum absolute atomic E-state index is 9.02. The summed E-state index contributed by atoms with van der Waals surface area (Å²) in [7, 11) is 0. The fourth-order valence-corrected chi connectivity index (χ4v) is 3.50. The largest absolute Gasteiger partial charge is 0.493 e. The summed E-state index contributed by atoms with van der Waals surface area (Å²) in [6, 6.07) is 18.6. The summed E-state index contributed by atoms with van der Waals surface area (Å²) in [6.45, 7) is 7.30. The third kappa shape index (κ3) is 6.79. The number of piperazine rings is 1. The lowest BCUT2D eigenvalue weighted by Gasteiger charge is -2.34. The molecule has 1 fully saturated rings. The normalized spacial score (nSPS) is 15.9. The van der Waals surface area contributed by atoms with Crippen LogP contribution in [0.1, 0.15) is 24.0 Å². The van der Waals surface area contributed by atoms with Crippen LogP contribution >= 0.6 is 0 Å². The minimum absolute atomic E-state index is 0.263. The highest BCUT2D eigenvalue weighted by Crippen LogP contribution is 2.21. The molecule has 1 saturated heterocycles. The average Bonchev–Trinajstić information content (AvgIpc) is 2.75. The maximum Gasteiger partial charge on any atom is 0.126 e. The molecule has 150 valence electrons. The number of aliphatic hydroxyl groups excluding tert-OH is 1. The minimum Gasteiger partial charge on any atom is -0.493 e. The highest BCUT2D eigenvalue weighted by atomic mass is 16.5.